The molecule has 0 spiro atoms. The number of rotatable bonds is 3. The SMILES string of the molecule is CCCOc1cc(F)cc(C#N)c1N. The number of halogens is 1. The fourth-order valence-electron chi connectivity index (χ4n) is 1.02. The van der Waals surface area contributed by atoms with Crippen LogP contribution in [-0.2, 0) is 0 Å². The molecule has 0 radical (unpaired) electrons. The van der Waals surface area contributed by atoms with E-state index >= 15 is 0 Å². The first kappa shape index (κ1) is 10.3. The molecule has 1 aromatic rings. The van der Waals surface area contributed by atoms with E-state index in [-0.39, 0.29) is 17.0 Å². The number of nitrogens with zero attached hydrogens (tertiary/aromatic N) is 1. The van der Waals surface area contributed by atoms with Crippen molar-refractivity contribution in [2.24, 2.45) is 0 Å². The molecule has 14 heavy (non-hydrogen) atoms. The Morgan fingerprint density at radius 3 is 2.86 bits per heavy atom. The van der Waals surface area contributed by atoms with E-state index in [4.69, 9.17) is 15.7 Å². The van der Waals surface area contributed by atoms with E-state index in [9.17, 15) is 4.39 Å². The van der Waals surface area contributed by atoms with Gasteiger partial charge in [0.2, 0.25) is 0 Å². The highest BCUT2D eigenvalue weighted by Gasteiger charge is 2.08. The Kier molecular flexibility index (Phi) is 3.29. The molecule has 0 fully saturated rings. The van der Waals surface area contributed by atoms with Gasteiger partial charge in [-0.3, -0.25) is 0 Å². The van der Waals surface area contributed by atoms with Crippen molar-refractivity contribution in [3.05, 3.63) is 23.5 Å². The Labute approximate surface area is 81.9 Å². The summed E-state index contributed by atoms with van der Waals surface area (Å²) in [6.45, 7) is 2.39. The van der Waals surface area contributed by atoms with Gasteiger partial charge in [0.1, 0.15) is 17.6 Å². The van der Waals surface area contributed by atoms with Crippen LogP contribution in [0.2, 0.25) is 0 Å². The normalized spacial score (nSPS) is 9.50. The molecule has 0 aliphatic heterocycles. The predicted octanol–water partition coefficient (Wildman–Crippen LogP) is 2.07. The lowest BCUT2D eigenvalue weighted by molar-refractivity contribution is 0.317. The van der Waals surface area contributed by atoms with Gasteiger partial charge in [0.15, 0.2) is 0 Å². The van der Waals surface area contributed by atoms with Crippen LogP contribution in [0.3, 0.4) is 0 Å². The van der Waals surface area contributed by atoms with E-state index in [1.54, 1.807) is 0 Å². The van der Waals surface area contributed by atoms with E-state index in [1.165, 1.54) is 6.07 Å². The van der Waals surface area contributed by atoms with Gasteiger partial charge in [0.05, 0.1) is 17.9 Å². The smallest absolute Gasteiger partial charge is 0.146 e. The average Bonchev–Trinajstić information content (AvgIpc) is 2.18. The maximum Gasteiger partial charge on any atom is 0.146 e. The highest BCUT2D eigenvalue weighted by molar-refractivity contribution is 5.63. The third kappa shape index (κ3) is 2.13. The van der Waals surface area contributed by atoms with E-state index in [0.29, 0.717) is 6.61 Å². The molecule has 0 saturated heterocycles. The van der Waals surface area contributed by atoms with Crippen molar-refractivity contribution < 1.29 is 9.13 Å². The first-order chi connectivity index (χ1) is 6.69. The first-order valence-corrected chi connectivity index (χ1v) is 4.31. The molecule has 0 aliphatic rings. The molecule has 4 heteroatoms. The Balaban J connectivity index is 3.04. The predicted molar refractivity (Wildman–Crippen MR) is 51.3 cm³/mol. The monoisotopic (exact) mass is 194 g/mol. The Morgan fingerprint density at radius 2 is 2.29 bits per heavy atom. The van der Waals surface area contributed by atoms with Crippen molar-refractivity contribution in [3.8, 4) is 11.8 Å². The molecule has 2 N–H and O–H groups in total. The Bertz CT molecular complexity index is 371. The van der Waals surface area contributed by atoms with Crippen LogP contribution >= 0.6 is 0 Å². The lowest BCUT2D eigenvalue weighted by Gasteiger charge is -2.08. The van der Waals surface area contributed by atoms with E-state index in [2.05, 4.69) is 0 Å². The Morgan fingerprint density at radius 1 is 1.57 bits per heavy atom. The molecule has 0 unspecified atom stereocenters. The number of nitrogen functional groups attached to an aromatic ring is 1. The minimum absolute atomic E-state index is 0.108. The van der Waals surface area contributed by atoms with Crippen molar-refractivity contribution in [1.82, 2.24) is 0 Å². The molecule has 0 amide bonds. The standard InChI is InChI=1S/C10H11FN2O/c1-2-3-14-9-5-8(11)4-7(6-12)10(9)13/h4-5H,2-3,13H2,1H3. The topological polar surface area (TPSA) is 59.0 Å². The number of hydrogen-bond donors (Lipinski definition) is 1. The molecule has 0 saturated carbocycles. The number of anilines is 1. The summed E-state index contributed by atoms with van der Waals surface area (Å²) in [5, 5.41) is 8.64. The van der Waals surface area contributed by atoms with Gasteiger partial charge >= 0.3 is 0 Å². The summed E-state index contributed by atoms with van der Waals surface area (Å²) in [6, 6.07) is 4.09. The molecule has 1 rings (SSSR count). The third-order valence-corrected chi connectivity index (χ3v) is 1.69. The van der Waals surface area contributed by atoms with Crippen LogP contribution in [0.5, 0.6) is 5.75 Å². The second-order valence-corrected chi connectivity index (χ2v) is 2.83. The molecular formula is C10H11FN2O. The number of nitriles is 1. The zero-order valence-corrected chi connectivity index (χ0v) is 7.88. The van der Waals surface area contributed by atoms with Crippen molar-refractivity contribution in [2.45, 2.75) is 13.3 Å². The largest absolute Gasteiger partial charge is 0.491 e. The summed E-state index contributed by atoms with van der Waals surface area (Å²) in [7, 11) is 0. The van der Waals surface area contributed by atoms with Crippen molar-refractivity contribution >= 4 is 5.69 Å². The molecular weight excluding hydrogens is 183 g/mol. The molecule has 0 bridgehead atoms. The second kappa shape index (κ2) is 4.47. The van der Waals surface area contributed by atoms with Crippen LogP contribution in [0, 0.1) is 17.1 Å². The zero-order chi connectivity index (χ0) is 10.6. The summed E-state index contributed by atoms with van der Waals surface area (Å²) in [5.74, 6) is -0.273. The maximum absolute atomic E-state index is 12.9. The van der Waals surface area contributed by atoms with E-state index in [0.717, 1.165) is 12.5 Å². The number of hydrogen-bond acceptors (Lipinski definition) is 3. The van der Waals surface area contributed by atoms with Crippen molar-refractivity contribution in [3.63, 3.8) is 0 Å². The maximum atomic E-state index is 12.9. The molecule has 3 nitrogen and oxygen atoms in total. The molecule has 0 atom stereocenters. The summed E-state index contributed by atoms with van der Waals surface area (Å²) >= 11 is 0. The van der Waals surface area contributed by atoms with Gasteiger partial charge in [-0.1, -0.05) is 6.92 Å². The quantitative estimate of drug-likeness (QED) is 0.749. The second-order valence-electron chi connectivity index (χ2n) is 2.83. The van der Waals surface area contributed by atoms with Crippen LogP contribution in [0.1, 0.15) is 18.9 Å². The molecule has 74 valence electrons. The van der Waals surface area contributed by atoms with Crippen LogP contribution in [-0.4, -0.2) is 6.61 Å². The van der Waals surface area contributed by atoms with E-state index in [1.807, 2.05) is 13.0 Å². The van der Waals surface area contributed by atoms with Crippen molar-refractivity contribution in [2.75, 3.05) is 12.3 Å². The molecule has 1 aromatic carbocycles. The summed E-state index contributed by atoms with van der Waals surface area (Å²) in [6.07, 6.45) is 0.803. The summed E-state index contributed by atoms with van der Waals surface area (Å²) in [4.78, 5) is 0. The number of benzene rings is 1. The van der Waals surface area contributed by atoms with Crippen molar-refractivity contribution in [1.29, 1.82) is 5.26 Å². The van der Waals surface area contributed by atoms with Gasteiger partial charge in [-0.25, -0.2) is 4.39 Å². The first-order valence-electron chi connectivity index (χ1n) is 4.31. The highest BCUT2D eigenvalue weighted by Crippen LogP contribution is 2.26. The average molecular weight is 194 g/mol. The number of ether oxygens (including phenoxy) is 1. The minimum Gasteiger partial charge on any atom is -0.491 e. The van der Waals surface area contributed by atoms with Crippen LogP contribution in [0.4, 0.5) is 10.1 Å². The number of nitrogens with two attached hydrogens (primary N) is 1. The highest BCUT2D eigenvalue weighted by atomic mass is 19.1. The molecule has 0 aliphatic carbocycles. The fraction of sp³-hybridized carbons (Fsp3) is 0.300. The zero-order valence-electron chi connectivity index (χ0n) is 7.88. The van der Waals surface area contributed by atoms with Gasteiger partial charge in [-0.2, -0.15) is 5.26 Å². The van der Waals surface area contributed by atoms with E-state index < -0.39 is 5.82 Å². The Hall–Kier alpha value is -1.76. The minimum atomic E-state index is -0.512. The molecule has 0 aromatic heterocycles. The van der Waals surface area contributed by atoms with Gasteiger partial charge in [-0.15, -0.1) is 0 Å². The van der Waals surface area contributed by atoms with Gasteiger partial charge < -0.3 is 10.5 Å². The lowest BCUT2D eigenvalue weighted by Crippen LogP contribution is -2.01. The van der Waals surface area contributed by atoms with Crippen LogP contribution in [0.15, 0.2) is 12.1 Å². The van der Waals surface area contributed by atoms with Gasteiger partial charge in [-0.05, 0) is 12.5 Å². The summed E-state index contributed by atoms with van der Waals surface area (Å²) < 4.78 is 18.1. The molecule has 0 heterocycles. The van der Waals surface area contributed by atoms with Gasteiger partial charge in [0.25, 0.3) is 0 Å². The van der Waals surface area contributed by atoms with Crippen LogP contribution < -0.4 is 10.5 Å². The van der Waals surface area contributed by atoms with Gasteiger partial charge in [0, 0.05) is 6.07 Å². The fourth-order valence-corrected chi connectivity index (χ4v) is 1.02. The third-order valence-electron chi connectivity index (χ3n) is 1.69. The van der Waals surface area contributed by atoms with Crippen LogP contribution in [0.25, 0.3) is 0 Å². The lowest BCUT2D eigenvalue weighted by atomic mass is 10.2. The summed E-state index contributed by atoms with van der Waals surface area (Å²) in [5.41, 5.74) is 5.89.